The number of nitrogens with zero attached hydrogens (tertiary/aromatic N) is 3. The average molecular weight is 482 g/mol. The minimum atomic E-state index is -0.122. The first-order chi connectivity index (χ1) is 16.7. The van der Waals surface area contributed by atoms with Crippen LogP contribution in [0.3, 0.4) is 0 Å². The molecule has 5 rings (SSSR count). The number of thiazole rings is 1. The van der Waals surface area contributed by atoms with E-state index in [0.29, 0.717) is 24.0 Å². The molecule has 1 saturated heterocycles. The van der Waals surface area contributed by atoms with Crippen LogP contribution in [0.4, 0.5) is 5.13 Å². The third-order valence-electron chi connectivity index (χ3n) is 5.73. The second-order valence-corrected chi connectivity index (χ2v) is 8.93. The van der Waals surface area contributed by atoms with Gasteiger partial charge in [0, 0.05) is 32.3 Å². The Morgan fingerprint density at radius 2 is 2.06 bits per heavy atom. The standard InChI is InChI=1S/C25H27N3O5S/c1-2-31-20-4-3-5-22-24(20)26-25(34-22)28(11-10-27-12-14-30-15-13-27)23(29)9-7-18-6-8-19-21(16-18)33-17-32-19/h3-9,16H,2,10-15,17H2,1H3/b9-7+. The number of anilines is 1. The Balaban J connectivity index is 1.39. The zero-order valence-corrected chi connectivity index (χ0v) is 19.9. The third-order valence-corrected chi connectivity index (χ3v) is 6.77. The molecule has 0 unspecified atom stereocenters. The second kappa shape index (κ2) is 10.4. The molecule has 2 aliphatic rings. The fourth-order valence-corrected chi connectivity index (χ4v) is 4.95. The van der Waals surface area contributed by atoms with E-state index in [2.05, 4.69) is 4.90 Å². The molecule has 3 aromatic rings. The smallest absolute Gasteiger partial charge is 0.252 e. The highest BCUT2D eigenvalue weighted by atomic mass is 32.1. The zero-order valence-electron chi connectivity index (χ0n) is 19.1. The Kier molecular flexibility index (Phi) is 6.94. The molecule has 1 fully saturated rings. The van der Waals surface area contributed by atoms with Gasteiger partial charge in [-0.15, -0.1) is 0 Å². The van der Waals surface area contributed by atoms with Crippen LogP contribution in [0.5, 0.6) is 17.2 Å². The number of benzene rings is 2. The molecular weight excluding hydrogens is 454 g/mol. The summed E-state index contributed by atoms with van der Waals surface area (Å²) in [4.78, 5) is 22.2. The average Bonchev–Trinajstić information content (AvgIpc) is 3.51. The first-order valence-electron chi connectivity index (χ1n) is 11.4. The number of morpholine rings is 1. The van der Waals surface area contributed by atoms with Gasteiger partial charge < -0.3 is 18.9 Å². The summed E-state index contributed by atoms with van der Waals surface area (Å²) in [6.07, 6.45) is 3.39. The first kappa shape index (κ1) is 22.6. The molecular formula is C25H27N3O5S. The number of amides is 1. The van der Waals surface area contributed by atoms with E-state index in [1.807, 2.05) is 43.3 Å². The molecule has 0 aliphatic carbocycles. The number of ether oxygens (including phenoxy) is 4. The zero-order chi connectivity index (χ0) is 23.3. The van der Waals surface area contributed by atoms with Gasteiger partial charge in [-0.2, -0.15) is 0 Å². The van der Waals surface area contributed by atoms with Crippen LogP contribution in [-0.4, -0.2) is 68.6 Å². The largest absolute Gasteiger partial charge is 0.492 e. The summed E-state index contributed by atoms with van der Waals surface area (Å²) in [5.41, 5.74) is 1.65. The van der Waals surface area contributed by atoms with Gasteiger partial charge in [0.25, 0.3) is 5.91 Å². The fraction of sp³-hybridized carbons (Fsp3) is 0.360. The highest BCUT2D eigenvalue weighted by Gasteiger charge is 2.21. The van der Waals surface area contributed by atoms with Crippen molar-refractivity contribution in [1.82, 2.24) is 9.88 Å². The fourth-order valence-electron chi connectivity index (χ4n) is 3.94. The molecule has 0 bridgehead atoms. The molecule has 2 aromatic carbocycles. The van der Waals surface area contributed by atoms with Crippen molar-refractivity contribution in [3.63, 3.8) is 0 Å². The molecule has 0 atom stereocenters. The van der Waals surface area contributed by atoms with E-state index in [9.17, 15) is 4.79 Å². The van der Waals surface area contributed by atoms with Crippen molar-refractivity contribution in [3.05, 3.63) is 48.0 Å². The Morgan fingerprint density at radius 3 is 2.91 bits per heavy atom. The summed E-state index contributed by atoms with van der Waals surface area (Å²) in [7, 11) is 0. The van der Waals surface area contributed by atoms with Crippen molar-refractivity contribution in [3.8, 4) is 17.2 Å². The molecule has 0 radical (unpaired) electrons. The lowest BCUT2D eigenvalue weighted by Crippen LogP contribution is -2.42. The van der Waals surface area contributed by atoms with Gasteiger partial charge in [0.05, 0.1) is 24.5 Å². The predicted octanol–water partition coefficient (Wildman–Crippen LogP) is 3.80. The van der Waals surface area contributed by atoms with E-state index in [4.69, 9.17) is 23.9 Å². The maximum atomic E-state index is 13.4. The van der Waals surface area contributed by atoms with Gasteiger partial charge in [0.15, 0.2) is 16.6 Å². The highest BCUT2D eigenvalue weighted by molar-refractivity contribution is 7.22. The molecule has 178 valence electrons. The number of para-hydroxylation sites is 1. The monoisotopic (exact) mass is 481 g/mol. The predicted molar refractivity (Wildman–Crippen MR) is 132 cm³/mol. The van der Waals surface area contributed by atoms with Gasteiger partial charge in [-0.25, -0.2) is 4.98 Å². The Bertz CT molecular complexity index is 1190. The summed E-state index contributed by atoms with van der Waals surface area (Å²) >= 11 is 1.50. The molecule has 9 heteroatoms. The van der Waals surface area contributed by atoms with Crippen molar-refractivity contribution < 1.29 is 23.7 Å². The van der Waals surface area contributed by atoms with Gasteiger partial charge in [-0.3, -0.25) is 14.6 Å². The van der Waals surface area contributed by atoms with Gasteiger partial charge in [-0.05, 0) is 42.8 Å². The minimum absolute atomic E-state index is 0.122. The normalized spacial score (nSPS) is 15.8. The van der Waals surface area contributed by atoms with Gasteiger partial charge >= 0.3 is 0 Å². The molecule has 2 aliphatic heterocycles. The quantitative estimate of drug-likeness (QED) is 0.453. The number of carbonyl (C=O) groups is 1. The molecule has 8 nitrogen and oxygen atoms in total. The SMILES string of the molecule is CCOc1cccc2sc(N(CCN3CCOCC3)C(=O)/C=C/c3ccc4c(c3)OCO4)nc12. The summed E-state index contributed by atoms with van der Waals surface area (Å²) in [5.74, 6) is 2.02. The number of rotatable bonds is 8. The summed E-state index contributed by atoms with van der Waals surface area (Å²) < 4.78 is 23.0. The van der Waals surface area contributed by atoms with Crippen LogP contribution in [0.2, 0.25) is 0 Å². The van der Waals surface area contributed by atoms with E-state index in [1.165, 1.54) is 11.3 Å². The van der Waals surface area contributed by atoms with E-state index in [1.54, 1.807) is 17.1 Å². The van der Waals surface area contributed by atoms with E-state index in [-0.39, 0.29) is 12.7 Å². The molecule has 0 spiro atoms. The van der Waals surface area contributed by atoms with Crippen molar-refractivity contribution in [2.24, 2.45) is 0 Å². The number of fused-ring (bicyclic) bond motifs is 2. The van der Waals surface area contributed by atoms with Crippen LogP contribution in [0.25, 0.3) is 16.3 Å². The maximum absolute atomic E-state index is 13.4. The van der Waals surface area contributed by atoms with Crippen LogP contribution >= 0.6 is 11.3 Å². The third kappa shape index (κ3) is 5.01. The van der Waals surface area contributed by atoms with E-state index >= 15 is 0 Å². The second-order valence-electron chi connectivity index (χ2n) is 7.92. The number of hydrogen-bond donors (Lipinski definition) is 0. The number of hydrogen-bond acceptors (Lipinski definition) is 8. The Hall–Kier alpha value is -3.14. The lowest BCUT2D eigenvalue weighted by Gasteiger charge is -2.28. The molecule has 0 saturated carbocycles. The van der Waals surface area contributed by atoms with Crippen LogP contribution in [0, 0.1) is 0 Å². The van der Waals surface area contributed by atoms with Crippen molar-refractivity contribution in [1.29, 1.82) is 0 Å². The maximum Gasteiger partial charge on any atom is 0.252 e. The van der Waals surface area contributed by atoms with Crippen molar-refractivity contribution in [2.75, 3.05) is 57.7 Å². The highest BCUT2D eigenvalue weighted by Crippen LogP contribution is 2.35. The van der Waals surface area contributed by atoms with Crippen LogP contribution < -0.4 is 19.1 Å². The van der Waals surface area contributed by atoms with Crippen LogP contribution in [-0.2, 0) is 9.53 Å². The molecule has 0 N–H and O–H groups in total. The van der Waals surface area contributed by atoms with Gasteiger partial charge in [0.1, 0.15) is 11.3 Å². The summed E-state index contributed by atoms with van der Waals surface area (Å²) in [6.45, 7) is 7.18. The molecule has 34 heavy (non-hydrogen) atoms. The lowest BCUT2D eigenvalue weighted by molar-refractivity contribution is -0.114. The first-order valence-corrected chi connectivity index (χ1v) is 12.2. The number of carbonyl (C=O) groups excluding carboxylic acids is 1. The minimum Gasteiger partial charge on any atom is -0.492 e. The molecule has 1 aromatic heterocycles. The van der Waals surface area contributed by atoms with Gasteiger partial charge in [0.2, 0.25) is 6.79 Å². The Labute approximate surface area is 202 Å². The topological polar surface area (TPSA) is 73.4 Å². The van der Waals surface area contributed by atoms with Crippen LogP contribution in [0.1, 0.15) is 12.5 Å². The lowest BCUT2D eigenvalue weighted by atomic mass is 10.2. The van der Waals surface area contributed by atoms with Crippen LogP contribution in [0.15, 0.2) is 42.5 Å². The molecule has 1 amide bonds. The van der Waals surface area contributed by atoms with Gasteiger partial charge in [-0.1, -0.05) is 23.5 Å². The molecule has 3 heterocycles. The van der Waals surface area contributed by atoms with Crippen molar-refractivity contribution >= 4 is 38.7 Å². The van der Waals surface area contributed by atoms with Crippen molar-refractivity contribution in [2.45, 2.75) is 6.92 Å². The Morgan fingerprint density at radius 1 is 1.21 bits per heavy atom. The summed E-state index contributed by atoms with van der Waals surface area (Å²) in [5, 5.41) is 0.663. The van der Waals surface area contributed by atoms with E-state index in [0.717, 1.165) is 60.1 Å². The summed E-state index contributed by atoms with van der Waals surface area (Å²) in [6, 6.07) is 11.5. The van der Waals surface area contributed by atoms with E-state index < -0.39 is 0 Å². The number of aromatic nitrogens is 1.